The van der Waals surface area contributed by atoms with Crippen LogP contribution in [-0.2, 0) is 16.6 Å². The Labute approximate surface area is 168 Å². The summed E-state index contributed by atoms with van der Waals surface area (Å²) in [5.41, 5.74) is 1.51. The molecule has 0 saturated heterocycles. The minimum atomic E-state index is -0.450. The van der Waals surface area contributed by atoms with Gasteiger partial charge in [-0.2, -0.15) is 5.10 Å². The Balaban J connectivity index is 1.39. The maximum atomic E-state index is 13.1. The highest BCUT2D eigenvalue weighted by atomic mass is 35.5. The van der Waals surface area contributed by atoms with Gasteiger partial charge in [-0.1, -0.05) is 36.6 Å². The molecule has 0 radical (unpaired) electrons. The fourth-order valence-electron chi connectivity index (χ4n) is 3.90. The minimum Gasteiger partial charge on any atom is -0.355 e. The van der Waals surface area contributed by atoms with Crippen molar-refractivity contribution in [2.75, 3.05) is 6.54 Å². The van der Waals surface area contributed by atoms with Gasteiger partial charge in [0.05, 0.1) is 5.41 Å². The maximum Gasteiger partial charge on any atom is 0.230 e. The Morgan fingerprint density at radius 3 is 2.54 bits per heavy atom. The lowest BCUT2D eigenvalue weighted by Gasteiger charge is -2.28. The lowest BCUT2D eigenvalue weighted by molar-refractivity contribution is -0.126. The van der Waals surface area contributed by atoms with Crippen LogP contribution in [0.2, 0.25) is 5.02 Å². The molecule has 3 aromatic rings. The number of pyridine rings is 1. The summed E-state index contributed by atoms with van der Waals surface area (Å²) in [4.78, 5) is 21.6. The van der Waals surface area contributed by atoms with Gasteiger partial charge in [0, 0.05) is 35.9 Å². The van der Waals surface area contributed by atoms with Gasteiger partial charge in [-0.25, -0.2) is 4.98 Å². The van der Waals surface area contributed by atoms with E-state index in [-0.39, 0.29) is 5.91 Å². The molecule has 0 unspecified atom stereocenters. The molecule has 144 valence electrons. The third-order valence-corrected chi connectivity index (χ3v) is 5.66. The molecule has 0 atom stereocenters. The van der Waals surface area contributed by atoms with Crippen molar-refractivity contribution in [1.82, 2.24) is 25.5 Å². The van der Waals surface area contributed by atoms with E-state index in [9.17, 15) is 4.79 Å². The summed E-state index contributed by atoms with van der Waals surface area (Å²) < 4.78 is 0. The van der Waals surface area contributed by atoms with Crippen LogP contribution in [0.5, 0.6) is 0 Å². The molecule has 28 heavy (non-hydrogen) atoms. The fraction of sp³-hybridized carbons (Fsp3) is 0.333. The Hall–Kier alpha value is -2.73. The molecule has 1 fully saturated rings. The highest BCUT2D eigenvalue weighted by Crippen LogP contribution is 2.41. The van der Waals surface area contributed by atoms with Gasteiger partial charge in [0.25, 0.3) is 0 Å². The number of aromatic amines is 1. The number of nitrogens with zero attached hydrogens (tertiary/aromatic N) is 3. The Morgan fingerprint density at radius 2 is 1.82 bits per heavy atom. The first kappa shape index (κ1) is 18.6. The number of carbonyl (C=O) groups excluding carboxylic acids is 1. The van der Waals surface area contributed by atoms with Gasteiger partial charge in [-0.15, -0.1) is 0 Å². The largest absolute Gasteiger partial charge is 0.355 e. The van der Waals surface area contributed by atoms with Crippen molar-refractivity contribution in [2.24, 2.45) is 0 Å². The molecule has 0 spiro atoms. The summed E-state index contributed by atoms with van der Waals surface area (Å²) in [6.07, 6.45) is 7.89. The van der Waals surface area contributed by atoms with E-state index in [1.807, 2.05) is 36.4 Å². The number of aromatic nitrogens is 4. The lowest BCUT2D eigenvalue weighted by Crippen LogP contribution is -2.43. The van der Waals surface area contributed by atoms with E-state index in [2.05, 4.69) is 25.5 Å². The molecular formula is C21H22ClN5O. The summed E-state index contributed by atoms with van der Waals surface area (Å²) >= 11 is 6.02. The van der Waals surface area contributed by atoms with Gasteiger partial charge in [-0.3, -0.25) is 14.9 Å². The zero-order valence-corrected chi connectivity index (χ0v) is 16.2. The van der Waals surface area contributed by atoms with Gasteiger partial charge >= 0.3 is 0 Å². The number of hydrogen-bond donors (Lipinski definition) is 2. The summed E-state index contributed by atoms with van der Waals surface area (Å²) in [5, 5.41) is 11.0. The third-order valence-electron chi connectivity index (χ3n) is 5.41. The quantitative estimate of drug-likeness (QED) is 0.666. The number of hydrogen-bond acceptors (Lipinski definition) is 4. The number of amides is 1. The summed E-state index contributed by atoms with van der Waals surface area (Å²) in [7, 11) is 0. The predicted octanol–water partition coefficient (Wildman–Crippen LogP) is 3.69. The molecule has 4 rings (SSSR count). The van der Waals surface area contributed by atoms with Gasteiger partial charge in [0.2, 0.25) is 5.91 Å². The van der Waals surface area contributed by atoms with Crippen molar-refractivity contribution in [3.05, 3.63) is 65.2 Å². The second-order valence-electron chi connectivity index (χ2n) is 7.14. The van der Waals surface area contributed by atoms with E-state index in [4.69, 9.17) is 11.6 Å². The van der Waals surface area contributed by atoms with Crippen molar-refractivity contribution in [3.63, 3.8) is 0 Å². The summed E-state index contributed by atoms with van der Waals surface area (Å²) in [6.45, 7) is 0.513. The molecule has 1 amide bonds. The first-order valence-electron chi connectivity index (χ1n) is 9.53. The molecule has 1 aliphatic rings. The Morgan fingerprint density at radius 1 is 1.11 bits per heavy atom. The smallest absolute Gasteiger partial charge is 0.230 e. The zero-order chi connectivity index (χ0) is 19.4. The highest BCUT2D eigenvalue weighted by Gasteiger charge is 2.42. The number of H-pyrrole nitrogens is 1. The van der Waals surface area contributed by atoms with Crippen LogP contribution in [-0.4, -0.2) is 32.6 Å². The molecule has 0 aliphatic heterocycles. The zero-order valence-electron chi connectivity index (χ0n) is 15.5. The average Bonchev–Trinajstić information content (AvgIpc) is 3.40. The summed E-state index contributed by atoms with van der Waals surface area (Å²) in [5.74, 6) is 1.47. The molecule has 7 heteroatoms. The second kappa shape index (κ2) is 8.10. The van der Waals surface area contributed by atoms with Crippen LogP contribution in [0.4, 0.5) is 0 Å². The van der Waals surface area contributed by atoms with E-state index in [1.165, 1.54) is 0 Å². The maximum absolute atomic E-state index is 13.1. The van der Waals surface area contributed by atoms with Crippen LogP contribution in [0.1, 0.15) is 37.1 Å². The number of benzene rings is 1. The molecular weight excluding hydrogens is 374 g/mol. The molecule has 1 aromatic carbocycles. The van der Waals surface area contributed by atoms with Gasteiger partial charge in [0.1, 0.15) is 5.82 Å². The molecule has 6 nitrogen and oxygen atoms in total. The van der Waals surface area contributed by atoms with Crippen LogP contribution >= 0.6 is 11.6 Å². The number of rotatable bonds is 6. The molecule has 2 heterocycles. The van der Waals surface area contributed by atoms with Crippen molar-refractivity contribution >= 4 is 17.5 Å². The predicted molar refractivity (Wildman–Crippen MR) is 108 cm³/mol. The third kappa shape index (κ3) is 3.78. The molecule has 1 saturated carbocycles. The Kier molecular flexibility index (Phi) is 5.39. The second-order valence-corrected chi connectivity index (χ2v) is 7.58. The molecule has 1 aliphatic carbocycles. The van der Waals surface area contributed by atoms with Crippen LogP contribution in [0.25, 0.3) is 11.4 Å². The first-order valence-corrected chi connectivity index (χ1v) is 9.91. The fourth-order valence-corrected chi connectivity index (χ4v) is 4.02. The van der Waals surface area contributed by atoms with Gasteiger partial charge in [-0.05, 0) is 42.7 Å². The Bertz CT molecular complexity index is 933. The summed E-state index contributed by atoms with van der Waals surface area (Å²) in [6, 6.07) is 11.4. The molecule has 2 aromatic heterocycles. The van der Waals surface area contributed by atoms with E-state index < -0.39 is 5.41 Å². The van der Waals surface area contributed by atoms with Crippen LogP contribution in [0.3, 0.4) is 0 Å². The molecule has 0 bridgehead atoms. The van der Waals surface area contributed by atoms with E-state index >= 15 is 0 Å². The lowest BCUT2D eigenvalue weighted by atomic mass is 9.78. The van der Waals surface area contributed by atoms with Crippen molar-refractivity contribution in [2.45, 2.75) is 37.5 Å². The number of nitrogens with one attached hydrogen (secondary N) is 2. The van der Waals surface area contributed by atoms with Crippen molar-refractivity contribution < 1.29 is 4.79 Å². The van der Waals surface area contributed by atoms with Crippen molar-refractivity contribution in [3.8, 4) is 11.4 Å². The topological polar surface area (TPSA) is 83.6 Å². The monoisotopic (exact) mass is 395 g/mol. The minimum absolute atomic E-state index is 0.0844. The van der Waals surface area contributed by atoms with Crippen LogP contribution < -0.4 is 5.32 Å². The van der Waals surface area contributed by atoms with Gasteiger partial charge in [0.15, 0.2) is 5.82 Å². The number of carbonyl (C=O) groups is 1. The SMILES string of the molecule is O=C(NCCc1nc(-c2ccncc2)n[nH]1)C1(c2ccc(Cl)cc2)CCCC1. The van der Waals surface area contributed by atoms with Gasteiger partial charge < -0.3 is 5.32 Å². The van der Waals surface area contributed by atoms with Crippen LogP contribution in [0, 0.1) is 0 Å². The van der Waals surface area contributed by atoms with E-state index in [0.717, 1.165) is 42.6 Å². The normalized spacial score (nSPS) is 15.5. The van der Waals surface area contributed by atoms with E-state index in [0.29, 0.717) is 23.8 Å². The standard InChI is InChI=1S/C21H22ClN5O/c22-17-5-3-16(4-6-17)21(10-1-2-11-21)20(28)24-14-9-18-25-19(27-26-18)15-7-12-23-13-8-15/h3-8,12-13H,1-2,9-11,14H2,(H,24,28)(H,25,26,27). The highest BCUT2D eigenvalue weighted by molar-refractivity contribution is 6.30. The number of halogens is 1. The average molecular weight is 396 g/mol. The van der Waals surface area contributed by atoms with E-state index in [1.54, 1.807) is 12.4 Å². The van der Waals surface area contributed by atoms with Crippen LogP contribution in [0.15, 0.2) is 48.8 Å². The first-order chi connectivity index (χ1) is 13.7. The molecule has 2 N–H and O–H groups in total. The van der Waals surface area contributed by atoms with Crippen molar-refractivity contribution in [1.29, 1.82) is 0 Å².